The van der Waals surface area contributed by atoms with Crippen molar-refractivity contribution in [3.05, 3.63) is 39.4 Å². The lowest BCUT2D eigenvalue weighted by Gasteiger charge is -2.07. The number of rotatable bonds is 19. The number of aryl methyl sites for hydroxylation is 2. The Morgan fingerprint density at radius 1 is 0.655 bits per heavy atom. The summed E-state index contributed by atoms with van der Waals surface area (Å²) in [6.07, 6.45) is 22.6. The van der Waals surface area contributed by atoms with E-state index in [2.05, 4.69) is 19.9 Å². The maximum absolute atomic E-state index is 11.4. The molecule has 0 aliphatic carbocycles. The van der Waals surface area contributed by atoms with E-state index in [0.717, 1.165) is 24.8 Å². The maximum atomic E-state index is 11.4. The van der Waals surface area contributed by atoms with Gasteiger partial charge in [0, 0.05) is 11.6 Å². The molecule has 3 nitrogen and oxygen atoms in total. The summed E-state index contributed by atoms with van der Waals surface area (Å²) >= 11 is 0. The molecule has 0 saturated heterocycles. The van der Waals surface area contributed by atoms with E-state index >= 15 is 0 Å². The van der Waals surface area contributed by atoms with Crippen LogP contribution in [0, 0.1) is 10.1 Å². The van der Waals surface area contributed by atoms with Gasteiger partial charge in [-0.05, 0) is 37.3 Å². The standard InChI is InChI=1S/C26H45NO2/c1-3-5-7-9-11-12-13-14-16-18-20-25-23-24(21-22-26(25)27(28)29)19-17-15-10-8-6-4-2/h21-23H,3-20H2,1-2H3. The van der Waals surface area contributed by atoms with Gasteiger partial charge in [0.25, 0.3) is 5.69 Å². The molecule has 0 N–H and O–H groups in total. The van der Waals surface area contributed by atoms with Crippen LogP contribution < -0.4 is 0 Å². The molecule has 0 heterocycles. The Morgan fingerprint density at radius 2 is 1.10 bits per heavy atom. The molecular formula is C26H45NO2. The predicted octanol–water partition coefficient (Wildman–Crippen LogP) is 8.96. The molecule has 3 heteroatoms. The third-order valence-corrected chi connectivity index (χ3v) is 5.96. The van der Waals surface area contributed by atoms with Gasteiger partial charge in [0.1, 0.15) is 0 Å². The average Bonchev–Trinajstić information content (AvgIpc) is 2.72. The summed E-state index contributed by atoms with van der Waals surface area (Å²) in [5, 5.41) is 11.4. The number of nitro groups is 1. The fourth-order valence-corrected chi connectivity index (χ4v) is 4.09. The fourth-order valence-electron chi connectivity index (χ4n) is 4.09. The van der Waals surface area contributed by atoms with Crippen LogP contribution in [-0.4, -0.2) is 4.92 Å². The van der Waals surface area contributed by atoms with Gasteiger partial charge in [-0.3, -0.25) is 10.1 Å². The second kappa shape index (κ2) is 17.5. The van der Waals surface area contributed by atoms with Gasteiger partial charge < -0.3 is 0 Å². The summed E-state index contributed by atoms with van der Waals surface area (Å²) in [6, 6.07) is 5.81. The molecule has 0 aliphatic heterocycles. The van der Waals surface area contributed by atoms with Gasteiger partial charge in [-0.1, -0.05) is 110 Å². The highest BCUT2D eigenvalue weighted by Crippen LogP contribution is 2.24. The van der Waals surface area contributed by atoms with Crippen LogP contribution in [0.4, 0.5) is 5.69 Å². The molecule has 0 bridgehead atoms. The van der Waals surface area contributed by atoms with Gasteiger partial charge in [-0.15, -0.1) is 0 Å². The number of nitro benzene ring substituents is 1. The maximum Gasteiger partial charge on any atom is 0.272 e. The fraction of sp³-hybridized carbons (Fsp3) is 0.769. The highest BCUT2D eigenvalue weighted by atomic mass is 16.6. The molecule has 1 aromatic rings. The zero-order valence-electron chi connectivity index (χ0n) is 19.2. The van der Waals surface area contributed by atoms with E-state index in [-0.39, 0.29) is 4.92 Å². The summed E-state index contributed by atoms with van der Waals surface area (Å²) in [6.45, 7) is 4.50. The Bertz CT molecular complexity index is 542. The van der Waals surface area contributed by atoms with Gasteiger partial charge >= 0.3 is 0 Å². The average molecular weight is 404 g/mol. The molecule has 0 spiro atoms. The van der Waals surface area contributed by atoms with Gasteiger partial charge in [0.2, 0.25) is 0 Å². The Labute approximate surface area is 179 Å². The zero-order chi connectivity index (χ0) is 21.2. The van der Waals surface area contributed by atoms with Crippen LogP contribution >= 0.6 is 0 Å². The molecule has 0 atom stereocenters. The summed E-state index contributed by atoms with van der Waals surface area (Å²) in [4.78, 5) is 11.2. The van der Waals surface area contributed by atoms with E-state index in [9.17, 15) is 10.1 Å². The van der Waals surface area contributed by atoms with Crippen LogP contribution in [0.15, 0.2) is 18.2 Å². The SMILES string of the molecule is CCCCCCCCCCCCc1cc(CCCCCCCC)ccc1[N+](=O)[O-]. The first-order chi connectivity index (χ1) is 14.2. The second-order valence-corrected chi connectivity index (χ2v) is 8.67. The minimum Gasteiger partial charge on any atom is -0.258 e. The molecule has 0 radical (unpaired) electrons. The van der Waals surface area contributed by atoms with E-state index in [1.165, 1.54) is 102 Å². The molecule has 0 saturated carbocycles. The molecule has 29 heavy (non-hydrogen) atoms. The molecule has 0 aromatic heterocycles. The molecule has 0 amide bonds. The Hall–Kier alpha value is -1.38. The van der Waals surface area contributed by atoms with Crippen molar-refractivity contribution in [1.29, 1.82) is 0 Å². The number of unbranched alkanes of at least 4 members (excludes halogenated alkanes) is 14. The highest BCUT2D eigenvalue weighted by Gasteiger charge is 2.13. The number of nitrogens with zero attached hydrogens (tertiary/aromatic N) is 1. The van der Waals surface area contributed by atoms with E-state index in [1.807, 2.05) is 6.07 Å². The largest absolute Gasteiger partial charge is 0.272 e. The van der Waals surface area contributed by atoms with E-state index in [4.69, 9.17) is 0 Å². The first-order valence-electron chi connectivity index (χ1n) is 12.4. The van der Waals surface area contributed by atoms with Gasteiger partial charge in [0.15, 0.2) is 0 Å². The van der Waals surface area contributed by atoms with Gasteiger partial charge in [-0.25, -0.2) is 0 Å². The third-order valence-electron chi connectivity index (χ3n) is 5.96. The summed E-state index contributed by atoms with van der Waals surface area (Å²) < 4.78 is 0. The van der Waals surface area contributed by atoms with Crippen molar-refractivity contribution in [3.63, 3.8) is 0 Å². The van der Waals surface area contributed by atoms with Crippen molar-refractivity contribution in [3.8, 4) is 0 Å². The summed E-state index contributed by atoms with van der Waals surface area (Å²) in [7, 11) is 0. The summed E-state index contributed by atoms with van der Waals surface area (Å²) in [5.41, 5.74) is 2.53. The van der Waals surface area contributed by atoms with Crippen molar-refractivity contribution in [2.75, 3.05) is 0 Å². The molecular weight excluding hydrogens is 358 g/mol. The lowest BCUT2D eigenvalue weighted by molar-refractivity contribution is -0.385. The zero-order valence-corrected chi connectivity index (χ0v) is 19.2. The summed E-state index contributed by atoms with van der Waals surface area (Å²) in [5.74, 6) is 0. The number of hydrogen-bond donors (Lipinski definition) is 0. The molecule has 166 valence electrons. The first kappa shape index (κ1) is 25.7. The molecule has 0 fully saturated rings. The van der Waals surface area contributed by atoms with Crippen molar-refractivity contribution in [2.45, 2.75) is 129 Å². The van der Waals surface area contributed by atoms with Gasteiger partial charge in [-0.2, -0.15) is 0 Å². The second-order valence-electron chi connectivity index (χ2n) is 8.67. The predicted molar refractivity (Wildman–Crippen MR) is 126 cm³/mol. The smallest absolute Gasteiger partial charge is 0.258 e. The van der Waals surface area contributed by atoms with E-state index < -0.39 is 0 Å². The van der Waals surface area contributed by atoms with Gasteiger partial charge in [0.05, 0.1) is 4.92 Å². The Morgan fingerprint density at radius 3 is 1.59 bits per heavy atom. The number of benzene rings is 1. The third kappa shape index (κ3) is 12.7. The Kier molecular flexibility index (Phi) is 15.5. The van der Waals surface area contributed by atoms with Crippen molar-refractivity contribution in [1.82, 2.24) is 0 Å². The first-order valence-corrected chi connectivity index (χ1v) is 12.4. The van der Waals surface area contributed by atoms with Crippen LogP contribution in [0.1, 0.15) is 128 Å². The van der Waals surface area contributed by atoms with E-state index in [1.54, 1.807) is 6.07 Å². The van der Waals surface area contributed by atoms with Crippen LogP contribution in [0.5, 0.6) is 0 Å². The van der Waals surface area contributed by atoms with Crippen LogP contribution in [0.2, 0.25) is 0 Å². The monoisotopic (exact) mass is 403 g/mol. The highest BCUT2D eigenvalue weighted by molar-refractivity contribution is 5.43. The van der Waals surface area contributed by atoms with Crippen molar-refractivity contribution < 1.29 is 4.92 Å². The number of hydrogen-bond acceptors (Lipinski definition) is 2. The molecule has 1 aromatic carbocycles. The molecule has 1 rings (SSSR count). The minimum absolute atomic E-state index is 0.208. The molecule has 0 unspecified atom stereocenters. The Balaban J connectivity index is 2.30. The van der Waals surface area contributed by atoms with Crippen LogP contribution in [0.25, 0.3) is 0 Å². The van der Waals surface area contributed by atoms with E-state index in [0.29, 0.717) is 5.69 Å². The van der Waals surface area contributed by atoms with Crippen molar-refractivity contribution in [2.24, 2.45) is 0 Å². The normalized spacial score (nSPS) is 11.1. The van der Waals surface area contributed by atoms with Crippen LogP contribution in [0.3, 0.4) is 0 Å². The van der Waals surface area contributed by atoms with Crippen LogP contribution in [-0.2, 0) is 12.8 Å². The lowest BCUT2D eigenvalue weighted by atomic mass is 9.98. The topological polar surface area (TPSA) is 43.1 Å². The van der Waals surface area contributed by atoms with Crippen molar-refractivity contribution >= 4 is 5.69 Å². The minimum atomic E-state index is -0.208. The quantitative estimate of drug-likeness (QED) is 0.131. The lowest BCUT2D eigenvalue weighted by Crippen LogP contribution is -1.98. The molecule has 0 aliphatic rings.